The summed E-state index contributed by atoms with van der Waals surface area (Å²) in [4.78, 5) is 28.0. The van der Waals surface area contributed by atoms with Crippen molar-refractivity contribution in [3.05, 3.63) is 66.5 Å². The van der Waals surface area contributed by atoms with Crippen LogP contribution in [0.4, 0.5) is 17.3 Å². The van der Waals surface area contributed by atoms with Crippen molar-refractivity contribution in [2.24, 2.45) is 10.7 Å². The molecule has 3 aromatic rings. The van der Waals surface area contributed by atoms with Crippen LogP contribution in [0.2, 0.25) is 0 Å². The second-order valence-electron chi connectivity index (χ2n) is 9.64. The largest absolute Gasteiger partial charge is 0.384 e. The van der Waals surface area contributed by atoms with Gasteiger partial charge in [0.15, 0.2) is 0 Å². The third-order valence-corrected chi connectivity index (χ3v) is 7.05. The standard InChI is InChI=1S/C28H33N7O/c29-26-11-10-23(17-32-26)35-14-4-7-22(18-35)33-24-8-1-2-9-25(24)34-27-16-20(12-13-31-27)19-5-3-6-21(15-19)28(30)36/h3,5-6,10-13,15-17,24-25H,1-2,4,7-9,14,18H2,(H2,29,32)(H2,30,36)(H,31,34)/t24-,25-/m1/s1. The number of benzene rings is 1. The summed E-state index contributed by atoms with van der Waals surface area (Å²) < 4.78 is 0. The minimum Gasteiger partial charge on any atom is -0.384 e. The number of nitrogens with zero attached hydrogens (tertiary/aromatic N) is 4. The first-order valence-corrected chi connectivity index (χ1v) is 12.7. The molecular formula is C28H33N7O. The van der Waals surface area contributed by atoms with Gasteiger partial charge >= 0.3 is 0 Å². The van der Waals surface area contributed by atoms with Gasteiger partial charge in [0.05, 0.1) is 24.5 Å². The van der Waals surface area contributed by atoms with E-state index in [1.165, 1.54) is 18.6 Å². The van der Waals surface area contributed by atoms with E-state index in [2.05, 4.69) is 20.2 Å². The number of primary amides is 1. The molecule has 1 saturated heterocycles. The lowest BCUT2D eigenvalue weighted by Gasteiger charge is -2.34. The highest BCUT2D eigenvalue weighted by Gasteiger charge is 2.27. The summed E-state index contributed by atoms with van der Waals surface area (Å²) in [5.41, 5.74) is 16.0. The summed E-state index contributed by atoms with van der Waals surface area (Å²) in [6.07, 6.45) is 10.3. The molecule has 2 atom stereocenters. The maximum Gasteiger partial charge on any atom is 0.248 e. The normalized spacial score (nSPS) is 21.3. The van der Waals surface area contributed by atoms with Crippen molar-refractivity contribution in [1.82, 2.24) is 9.97 Å². The van der Waals surface area contributed by atoms with E-state index in [-0.39, 0.29) is 12.1 Å². The van der Waals surface area contributed by atoms with E-state index >= 15 is 0 Å². The number of nitrogens with two attached hydrogens (primary N) is 2. The first-order chi connectivity index (χ1) is 17.5. The number of carbonyl (C=O) groups excluding carboxylic acids is 1. The van der Waals surface area contributed by atoms with Crippen molar-refractivity contribution in [2.75, 3.05) is 29.0 Å². The molecule has 2 fully saturated rings. The van der Waals surface area contributed by atoms with E-state index < -0.39 is 5.91 Å². The zero-order valence-electron chi connectivity index (χ0n) is 20.4. The van der Waals surface area contributed by atoms with Gasteiger partial charge in [0, 0.05) is 30.1 Å². The van der Waals surface area contributed by atoms with E-state index in [0.29, 0.717) is 11.4 Å². The van der Waals surface area contributed by atoms with Crippen LogP contribution in [0.5, 0.6) is 0 Å². The molecule has 0 spiro atoms. The van der Waals surface area contributed by atoms with Gasteiger partial charge in [-0.3, -0.25) is 9.79 Å². The van der Waals surface area contributed by atoms with Crippen LogP contribution in [0, 0.1) is 0 Å². The van der Waals surface area contributed by atoms with Crippen LogP contribution in [0.25, 0.3) is 11.1 Å². The Kier molecular flexibility index (Phi) is 7.11. The number of rotatable bonds is 6. The van der Waals surface area contributed by atoms with Gasteiger partial charge in [-0.15, -0.1) is 0 Å². The molecule has 2 aliphatic rings. The number of piperidine rings is 1. The SMILES string of the molecule is NC(=O)c1cccc(-c2ccnc(N[C@@H]3CCCC[C@H]3N=C3CCCN(c4ccc(N)nc4)C3)c2)c1. The highest BCUT2D eigenvalue weighted by Crippen LogP contribution is 2.28. The number of aliphatic imine (C=N–C) groups is 1. The smallest absolute Gasteiger partial charge is 0.248 e. The van der Waals surface area contributed by atoms with Crippen LogP contribution in [0.1, 0.15) is 48.9 Å². The Morgan fingerprint density at radius 3 is 2.72 bits per heavy atom. The topological polar surface area (TPSA) is 123 Å². The lowest BCUT2D eigenvalue weighted by atomic mass is 9.90. The molecule has 0 radical (unpaired) electrons. The van der Waals surface area contributed by atoms with Gasteiger partial charge in [0.2, 0.25) is 5.91 Å². The third-order valence-electron chi connectivity index (χ3n) is 7.05. The summed E-state index contributed by atoms with van der Waals surface area (Å²) in [5.74, 6) is 0.939. The van der Waals surface area contributed by atoms with Gasteiger partial charge in [-0.25, -0.2) is 9.97 Å². The van der Waals surface area contributed by atoms with Crippen LogP contribution in [0.15, 0.2) is 65.9 Å². The molecule has 8 heteroatoms. The highest BCUT2D eigenvalue weighted by molar-refractivity contribution is 5.94. The van der Waals surface area contributed by atoms with Crippen molar-refractivity contribution >= 4 is 28.9 Å². The fourth-order valence-electron chi connectivity index (χ4n) is 5.16. The number of aromatic nitrogens is 2. The first kappa shape index (κ1) is 23.8. The number of pyridine rings is 2. The number of anilines is 3. The fraction of sp³-hybridized carbons (Fsp3) is 0.357. The van der Waals surface area contributed by atoms with E-state index in [9.17, 15) is 4.79 Å². The maximum absolute atomic E-state index is 11.6. The number of nitrogens with one attached hydrogen (secondary N) is 1. The molecule has 36 heavy (non-hydrogen) atoms. The molecule has 1 aliphatic carbocycles. The second-order valence-corrected chi connectivity index (χ2v) is 9.64. The number of carbonyl (C=O) groups is 1. The van der Waals surface area contributed by atoms with Gasteiger partial charge in [0.1, 0.15) is 11.6 Å². The molecule has 1 amide bonds. The average molecular weight is 484 g/mol. The monoisotopic (exact) mass is 483 g/mol. The molecule has 2 aromatic heterocycles. The number of amides is 1. The van der Waals surface area contributed by atoms with Crippen LogP contribution in [-0.4, -0.2) is 46.8 Å². The van der Waals surface area contributed by atoms with Gasteiger partial charge in [-0.2, -0.15) is 0 Å². The van der Waals surface area contributed by atoms with Crippen molar-refractivity contribution in [3.8, 4) is 11.1 Å². The zero-order chi connectivity index (χ0) is 24.9. The van der Waals surface area contributed by atoms with Gasteiger partial charge < -0.3 is 21.7 Å². The Morgan fingerprint density at radius 1 is 1.03 bits per heavy atom. The quantitative estimate of drug-likeness (QED) is 0.481. The molecule has 0 bridgehead atoms. The Labute approximate surface area is 211 Å². The predicted molar refractivity (Wildman–Crippen MR) is 145 cm³/mol. The summed E-state index contributed by atoms with van der Waals surface area (Å²) in [6, 6.07) is 15.7. The third kappa shape index (κ3) is 5.64. The summed E-state index contributed by atoms with van der Waals surface area (Å²) >= 11 is 0. The molecule has 1 saturated carbocycles. The Bertz CT molecular complexity index is 1240. The van der Waals surface area contributed by atoms with E-state index in [4.69, 9.17) is 16.5 Å². The molecule has 1 aromatic carbocycles. The van der Waals surface area contributed by atoms with Gasteiger partial charge in [0.25, 0.3) is 0 Å². The molecule has 0 unspecified atom stereocenters. The summed E-state index contributed by atoms with van der Waals surface area (Å²) in [7, 11) is 0. The zero-order valence-corrected chi connectivity index (χ0v) is 20.4. The Morgan fingerprint density at radius 2 is 1.89 bits per heavy atom. The number of hydrogen-bond donors (Lipinski definition) is 3. The minimum atomic E-state index is -0.428. The van der Waals surface area contributed by atoms with Crippen LogP contribution >= 0.6 is 0 Å². The lowest BCUT2D eigenvalue weighted by molar-refractivity contribution is 0.100. The van der Waals surface area contributed by atoms with Gasteiger partial charge in [-0.05, 0) is 73.2 Å². The predicted octanol–water partition coefficient (Wildman–Crippen LogP) is 4.29. The molecule has 5 rings (SSSR count). The van der Waals surface area contributed by atoms with Crippen molar-refractivity contribution in [2.45, 2.75) is 50.6 Å². The van der Waals surface area contributed by atoms with Gasteiger partial charge in [-0.1, -0.05) is 25.0 Å². The minimum absolute atomic E-state index is 0.224. The summed E-state index contributed by atoms with van der Waals surface area (Å²) in [5, 5.41) is 3.67. The molecule has 1 aliphatic heterocycles. The van der Waals surface area contributed by atoms with E-state index in [1.807, 2.05) is 48.7 Å². The fourth-order valence-corrected chi connectivity index (χ4v) is 5.16. The lowest BCUT2D eigenvalue weighted by Crippen LogP contribution is -2.40. The maximum atomic E-state index is 11.6. The molecular weight excluding hydrogens is 450 g/mol. The number of nitrogen functional groups attached to an aromatic ring is 1. The highest BCUT2D eigenvalue weighted by atomic mass is 16.1. The van der Waals surface area contributed by atoms with Crippen LogP contribution in [0.3, 0.4) is 0 Å². The average Bonchev–Trinajstić information content (AvgIpc) is 2.91. The second kappa shape index (κ2) is 10.8. The molecule has 8 nitrogen and oxygen atoms in total. The van der Waals surface area contributed by atoms with Crippen molar-refractivity contribution < 1.29 is 4.79 Å². The number of hydrogen-bond acceptors (Lipinski definition) is 7. The molecule has 3 heterocycles. The Hall–Kier alpha value is -3.94. The molecule has 5 N–H and O–H groups in total. The van der Waals surface area contributed by atoms with Crippen molar-refractivity contribution in [1.29, 1.82) is 0 Å². The first-order valence-electron chi connectivity index (χ1n) is 12.7. The van der Waals surface area contributed by atoms with Crippen LogP contribution in [-0.2, 0) is 0 Å². The summed E-state index contributed by atoms with van der Waals surface area (Å²) in [6.45, 7) is 1.84. The Balaban J connectivity index is 1.31. The molecule has 186 valence electrons. The van der Waals surface area contributed by atoms with Crippen molar-refractivity contribution in [3.63, 3.8) is 0 Å². The van der Waals surface area contributed by atoms with E-state index in [1.54, 1.807) is 12.3 Å². The van der Waals surface area contributed by atoms with E-state index in [0.717, 1.165) is 61.4 Å². The van der Waals surface area contributed by atoms with Crippen LogP contribution < -0.4 is 21.7 Å².